The molecule has 0 aliphatic carbocycles. The summed E-state index contributed by atoms with van der Waals surface area (Å²) in [5.41, 5.74) is 0.267. The van der Waals surface area contributed by atoms with Gasteiger partial charge in [-0.3, -0.25) is 9.59 Å². The van der Waals surface area contributed by atoms with Crippen LogP contribution in [0.2, 0.25) is 0 Å². The van der Waals surface area contributed by atoms with Crippen molar-refractivity contribution in [2.24, 2.45) is 0 Å². The maximum atomic E-state index is 13.8. The molecule has 0 fully saturated rings. The van der Waals surface area contributed by atoms with Crippen molar-refractivity contribution in [3.63, 3.8) is 0 Å². The molecule has 0 aliphatic heterocycles. The molecule has 0 radical (unpaired) electrons. The first-order valence-corrected chi connectivity index (χ1v) is 8.89. The first kappa shape index (κ1) is 20.8. The van der Waals surface area contributed by atoms with Gasteiger partial charge in [0, 0.05) is 11.4 Å². The van der Waals surface area contributed by atoms with Crippen molar-refractivity contribution in [1.29, 1.82) is 0 Å². The molecular formula is C22H18F2N2O4. The highest BCUT2D eigenvalue weighted by Gasteiger charge is 2.15. The van der Waals surface area contributed by atoms with Crippen LogP contribution in [-0.4, -0.2) is 25.5 Å². The van der Waals surface area contributed by atoms with Gasteiger partial charge in [-0.2, -0.15) is 0 Å². The average molecular weight is 412 g/mol. The number of methoxy groups -OCH3 is 1. The first-order chi connectivity index (χ1) is 14.5. The zero-order chi connectivity index (χ0) is 21.5. The maximum absolute atomic E-state index is 13.8. The van der Waals surface area contributed by atoms with E-state index in [2.05, 4.69) is 10.6 Å². The van der Waals surface area contributed by atoms with Crippen LogP contribution in [0.5, 0.6) is 11.5 Å². The van der Waals surface area contributed by atoms with E-state index in [9.17, 15) is 18.4 Å². The third-order valence-corrected chi connectivity index (χ3v) is 4.03. The van der Waals surface area contributed by atoms with Crippen molar-refractivity contribution in [3.05, 3.63) is 83.9 Å². The Hall–Kier alpha value is -3.94. The molecule has 30 heavy (non-hydrogen) atoms. The Balaban J connectivity index is 1.61. The Morgan fingerprint density at radius 2 is 1.53 bits per heavy atom. The molecule has 0 aliphatic rings. The minimum Gasteiger partial charge on any atom is -0.493 e. The van der Waals surface area contributed by atoms with Crippen molar-refractivity contribution < 1.29 is 27.8 Å². The van der Waals surface area contributed by atoms with Gasteiger partial charge in [0.2, 0.25) is 0 Å². The van der Waals surface area contributed by atoms with E-state index in [0.717, 1.165) is 6.07 Å². The zero-order valence-electron chi connectivity index (χ0n) is 15.9. The lowest BCUT2D eigenvalue weighted by Crippen LogP contribution is -2.20. The third kappa shape index (κ3) is 5.11. The standard InChI is InChI=1S/C22H18F2N2O4/c1-29-18-10-2-3-11-19(18)30-13-20(27)25-14-6-4-7-15(12-14)26-22(28)16-8-5-9-17(23)21(16)24/h2-12H,13H2,1H3,(H,25,27)(H,26,28). The van der Waals surface area contributed by atoms with Gasteiger partial charge in [-0.25, -0.2) is 8.78 Å². The summed E-state index contributed by atoms with van der Waals surface area (Å²) in [6.45, 7) is -0.258. The lowest BCUT2D eigenvalue weighted by Gasteiger charge is -2.11. The molecule has 154 valence electrons. The van der Waals surface area contributed by atoms with Crippen LogP contribution in [0.3, 0.4) is 0 Å². The predicted molar refractivity (Wildman–Crippen MR) is 108 cm³/mol. The molecule has 0 spiro atoms. The van der Waals surface area contributed by atoms with Gasteiger partial charge < -0.3 is 20.1 Å². The second kappa shape index (κ2) is 9.51. The van der Waals surface area contributed by atoms with Crippen LogP contribution in [0.15, 0.2) is 66.7 Å². The summed E-state index contributed by atoms with van der Waals surface area (Å²) in [6, 6.07) is 16.5. The van der Waals surface area contributed by atoms with Crippen LogP contribution >= 0.6 is 0 Å². The summed E-state index contributed by atoms with van der Waals surface area (Å²) in [5, 5.41) is 5.10. The van der Waals surface area contributed by atoms with Crippen LogP contribution < -0.4 is 20.1 Å². The van der Waals surface area contributed by atoms with Crippen molar-refractivity contribution in [2.75, 3.05) is 24.4 Å². The maximum Gasteiger partial charge on any atom is 0.262 e. The Morgan fingerprint density at radius 3 is 2.27 bits per heavy atom. The number of rotatable bonds is 7. The smallest absolute Gasteiger partial charge is 0.262 e. The van der Waals surface area contributed by atoms with Gasteiger partial charge in [0.25, 0.3) is 11.8 Å². The Kier molecular flexibility index (Phi) is 6.59. The summed E-state index contributed by atoms with van der Waals surface area (Å²) in [7, 11) is 1.50. The highest BCUT2D eigenvalue weighted by Crippen LogP contribution is 2.25. The molecular weight excluding hydrogens is 394 g/mol. The van der Waals surface area contributed by atoms with Crippen LogP contribution in [0, 0.1) is 11.6 Å². The number of hydrogen-bond donors (Lipinski definition) is 2. The van der Waals surface area contributed by atoms with Crippen molar-refractivity contribution >= 4 is 23.2 Å². The number of carbonyl (C=O) groups is 2. The predicted octanol–water partition coefficient (Wildman–Crippen LogP) is 4.24. The van der Waals surface area contributed by atoms with E-state index < -0.39 is 29.0 Å². The Bertz CT molecular complexity index is 1070. The lowest BCUT2D eigenvalue weighted by molar-refractivity contribution is -0.118. The number of carbonyl (C=O) groups excluding carboxylic acids is 2. The number of para-hydroxylation sites is 2. The minimum absolute atomic E-state index is 0.258. The zero-order valence-corrected chi connectivity index (χ0v) is 15.9. The average Bonchev–Trinajstić information content (AvgIpc) is 2.74. The normalized spacial score (nSPS) is 10.2. The molecule has 3 aromatic carbocycles. The van der Waals surface area contributed by atoms with Gasteiger partial charge in [-0.1, -0.05) is 24.3 Å². The number of benzene rings is 3. The summed E-state index contributed by atoms with van der Waals surface area (Å²) < 4.78 is 37.7. The highest BCUT2D eigenvalue weighted by molar-refractivity contribution is 6.05. The molecule has 3 rings (SSSR count). The van der Waals surface area contributed by atoms with E-state index in [1.807, 2.05) is 0 Å². The molecule has 0 heterocycles. The largest absolute Gasteiger partial charge is 0.493 e. The van der Waals surface area contributed by atoms with Gasteiger partial charge in [-0.05, 0) is 42.5 Å². The van der Waals surface area contributed by atoms with E-state index in [-0.39, 0.29) is 6.61 Å². The fraction of sp³-hybridized carbons (Fsp3) is 0.0909. The summed E-state index contributed by atoms with van der Waals surface area (Å²) in [6.07, 6.45) is 0. The van der Waals surface area contributed by atoms with Crippen LogP contribution in [-0.2, 0) is 4.79 Å². The Labute approximate surface area is 171 Å². The van der Waals surface area contributed by atoms with E-state index in [0.29, 0.717) is 22.9 Å². The topological polar surface area (TPSA) is 76.7 Å². The number of nitrogens with one attached hydrogen (secondary N) is 2. The Morgan fingerprint density at radius 1 is 0.867 bits per heavy atom. The number of amides is 2. The molecule has 2 amide bonds. The molecule has 0 unspecified atom stereocenters. The fourth-order valence-electron chi connectivity index (χ4n) is 2.63. The van der Waals surface area contributed by atoms with E-state index in [1.165, 1.54) is 25.3 Å². The van der Waals surface area contributed by atoms with Crippen molar-refractivity contribution in [2.45, 2.75) is 0 Å². The molecule has 0 saturated heterocycles. The third-order valence-electron chi connectivity index (χ3n) is 4.03. The number of hydrogen-bond acceptors (Lipinski definition) is 4. The first-order valence-electron chi connectivity index (χ1n) is 8.89. The molecule has 0 saturated carbocycles. The highest BCUT2D eigenvalue weighted by atomic mass is 19.2. The summed E-state index contributed by atoms with van der Waals surface area (Å²) in [5.74, 6) is -2.66. The van der Waals surface area contributed by atoms with E-state index in [1.54, 1.807) is 42.5 Å². The van der Waals surface area contributed by atoms with Crippen molar-refractivity contribution in [3.8, 4) is 11.5 Å². The number of halogens is 2. The van der Waals surface area contributed by atoms with Crippen LogP contribution in [0.25, 0.3) is 0 Å². The van der Waals surface area contributed by atoms with Gasteiger partial charge >= 0.3 is 0 Å². The quantitative estimate of drug-likeness (QED) is 0.609. The minimum atomic E-state index is -1.23. The summed E-state index contributed by atoms with van der Waals surface area (Å²) >= 11 is 0. The van der Waals surface area contributed by atoms with Crippen molar-refractivity contribution in [1.82, 2.24) is 0 Å². The van der Waals surface area contributed by atoms with E-state index >= 15 is 0 Å². The fourth-order valence-corrected chi connectivity index (χ4v) is 2.63. The second-order valence-electron chi connectivity index (χ2n) is 6.12. The lowest BCUT2D eigenvalue weighted by atomic mass is 10.2. The monoisotopic (exact) mass is 412 g/mol. The molecule has 3 aromatic rings. The number of ether oxygens (including phenoxy) is 2. The molecule has 2 N–H and O–H groups in total. The van der Waals surface area contributed by atoms with Crippen LogP contribution in [0.4, 0.5) is 20.2 Å². The number of anilines is 2. The SMILES string of the molecule is COc1ccccc1OCC(=O)Nc1cccc(NC(=O)c2cccc(F)c2F)c1. The van der Waals surface area contributed by atoms with Gasteiger partial charge in [0.05, 0.1) is 12.7 Å². The molecule has 8 heteroatoms. The molecule has 0 aromatic heterocycles. The van der Waals surface area contributed by atoms with E-state index in [4.69, 9.17) is 9.47 Å². The van der Waals surface area contributed by atoms with Crippen LogP contribution in [0.1, 0.15) is 10.4 Å². The van der Waals surface area contributed by atoms with Gasteiger partial charge in [-0.15, -0.1) is 0 Å². The molecule has 0 atom stereocenters. The second-order valence-corrected chi connectivity index (χ2v) is 6.12. The summed E-state index contributed by atoms with van der Waals surface area (Å²) in [4.78, 5) is 24.4. The molecule has 0 bridgehead atoms. The van der Waals surface area contributed by atoms with Gasteiger partial charge in [0.1, 0.15) is 0 Å². The van der Waals surface area contributed by atoms with Gasteiger partial charge in [0.15, 0.2) is 29.7 Å². The molecule has 6 nitrogen and oxygen atoms in total.